The zero-order chi connectivity index (χ0) is 22.3. The van der Waals surface area contributed by atoms with Gasteiger partial charge in [0.15, 0.2) is 0 Å². The van der Waals surface area contributed by atoms with Crippen molar-refractivity contribution in [2.45, 2.75) is 23.9 Å². The van der Waals surface area contributed by atoms with Crippen LogP contribution >= 0.6 is 11.8 Å². The lowest BCUT2D eigenvalue weighted by molar-refractivity contribution is -0.0328. The second kappa shape index (κ2) is 7.77. The molecule has 0 bridgehead atoms. The quantitative estimate of drug-likeness (QED) is 0.352. The average molecular weight is 449 g/mol. The van der Waals surface area contributed by atoms with Crippen LogP contribution in [0.3, 0.4) is 0 Å². The molecule has 4 aromatic rings. The zero-order valence-corrected chi connectivity index (χ0v) is 16.8. The Morgan fingerprint density at radius 1 is 1.10 bits per heavy atom. The van der Waals surface area contributed by atoms with Gasteiger partial charge < -0.3 is 5.11 Å². The molecule has 0 spiro atoms. The molecule has 4 rings (SSSR count). The highest BCUT2D eigenvalue weighted by Crippen LogP contribution is 2.37. The largest absolute Gasteiger partial charge is 0.493 e. The van der Waals surface area contributed by atoms with Crippen LogP contribution in [-0.4, -0.2) is 24.7 Å². The molecule has 2 heterocycles. The van der Waals surface area contributed by atoms with E-state index in [4.69, 9.17) is 0 Å². The number of thioether (sulfide) groups is 1. The van der Waals surface area contributed by atoms with Gasteiger partial charge in [-0.3, -0.25) is 9.55 Å². The third-order valence-electron chi connectivity index (χ3n) is 4.81. The Labute approximate surface area is 177 Å². The van der Waals surface area contributed by atoms with Crippen LogP contribution in [0.5, 0.6) is 5.88 Å². The second-order valence-corrected chi connectivity index (χ2v) is 7.92. The molecule has 0 amide bonds. The number of aromatic hydroxyl groups is 1. The van der Waals surface area contributed by atoms with Crippen molar-refractivity contribution < 1.29 is 22.7 Å². The summed E-state index contributed by atoms with van der Waals surface area (Å²) >= 11 is -0.262. The second-order valence-electron chi connectivity index (χ2n) is 6.79. The molecule has 1 N–H and O–H groups in total. The van der Waals surface area contributed by atoms with Gasteiger partial charge in [-0.1, -0.05) is 0 Å². The van der Waals surface area contributed by atoms with Crippen LogP contribution in [0.4, 0.5) is 17.6 Å². The van der Waals surface area contributed by atoms with E-state index < -0.39 is 17.0 Å². The molecule has 5 nitrogen and oxygen atoms in total. The van der Waals surface area contributed by atoms with Crippen molar-refractivity contribution in [2.75, 3.05) is 0 Å². The Kier molecular flexibility index (Phi) is 5.26. The molecule has 2 aromatic carbocycles. The van der Waals surface area contributed by atoms with Crippen molar-refractivity contribution in [3.05, 3.63) is 82.3 Å². The van der Waals surface area contributed by atoms with Crippen molar-refractivity contribution in [1.29, 1.82) is 0 Å². The number of fused-ring (bicyclic) bond motifs is 1. The van der Waals surface area contributed by atoms with E-state index in [1.165, 1.54) is 47.2 Å². The van der Waals surface area contributed by atoms with Gasteiger partial charge in [-0.25, -0.2) is 13.8 Å². The maximum absolute atomic E-state index is 13.5. The fraction of sp³-hybridized carbons (Fsp3) is 0.143. The van der Waals surface area contributed by atoms with Crippen molar-refractivity contribution in [2.24, 2.45) is 0 Å². The molecule has 0 unspecified atom stereocenters. The number of aromatic nitrogens is 3. The predicted octanol–water partition coefficient (Wildman–Crippen LogP) is 5.00. The van der Waals surface area contributed by atoms with Crippen LogP contribution < -0.4 is 5.69 Å². The van der Waals surface area contributed by atoms with Gasteiger partial charge in [0, 0.05) is 22.5 Å². The van der Waals surface area contributed by atoms with E-state index in [9.17, 15) is 27.5 Å². The first kappa shape index (κ1) is 21.0. The van der Waals surface area contributed by atoms with Gasteiger partial charge in [0.2, 0.25) is 5.88 Å². The molecule has 0 atom stereocenters. The number of rotatable bonds is 4. The van der Waals surface area contributed by atoms with Gasteiger partial charge in [-0.15, -0.1) is 0 Å². The first-order chi connectivity index (χ1) is 14.6. The summed E-state index contributed by atoms with van der Waals surface area (Å²) in [6, 6.07) is 11.0. The Hall–Kier alpha value is -3.27. The number of hydrogen-bond acceptors (Lipinski definition) is 4. The summed E-state index contributed by atoms with van der Waals surface area (Å²) in [5.74, 6) is -0.743. The van der Waals surface area contributed by atoms with Crippen molar-refractivity contribution in [3.8, 4) is 11.6 Å². The summed E-state index contributed by atoms with van der Waals surface area (Å²) < 4.78 is 53.4. The lowest BCUT2D eigenvalue weighted by atomic mass is 10.1. The molecule has 10 heteroatoms. The molecule has 0 aliphatic rings. The van der Waals surface area contributed by atoms with Crippen molar-refractivity contribution in [1.82, 2.24) is 14.1 Å². The molecule has 0 aliphatic carbocycles. The number of hydrogen-bond donors (Lipinski definition) is 1. The standard InChI is InChI=1S/C21H15F4N3O2S/c1-12-19(29)28(15-3-5-16(6-4-15)31-21(23,24)25)20(30)27(12)11-13-8-9-26-18-10-14(22)2-7-17(13)18/h2-10,29H,11H2,1H3. The number of alkyl halides is 3. The average Bonchev–Trinajstić information content (AvgIpc) is 2.91. The minimum Gasteiger partial charge on any atom is -0.493 e. The highest BCUT2D eigenvalue weighted by atomic mass is 32.2. The molecule has 31 heavy (non-hydrogen) atoms. The fourth-order valence-corrected chi connectivity index (χ4v) is 3.88. The number of benzene rings is 2. The first-order valence-corrected chi connectivity index (χ1v) is 9.86. The van der Waals surface area contributed by atoms with Crippen LogP contribution in [0.25, 0.3) is 16.6 Å². The summed E-state index contributed by atoms with van der Waals surface area (Å²) in [5, 5.41) is 11.2. The fourth-order valence-electron chi connectivity index (χ4n) is 3.34. The van der Waals surface area contributed by atoms with Gasteiger partial charge in [-0.05, 0) is 66.7 Å². The molecule has 0 radical (unpaired) electrons. The van der Waals surface area contributed by atoms with E-state index in [1.54, 1.807) is 19.1 Å². The minimum atomic E-state index is -4.42. The summed E-state index contributed by atoms with van der Waals surface area (Å²) in [6.45, 7) is 1.65. The maximum Gasteiger partial charge on any atom is 0.446 e. The third kappa shape index (κ3) is 4.15. The molecule has 0 aliphatic heterocycles. The third-order valence-corrected chi connectivity index (χ3v) is 5.55. The van der Waals surface area contributed by atoms with Crippen LogP contribution in [0, 0.1) is 12.7 Å². The number of nitrogens with zero attached hydrogens (tertiary/aromatic N) is 3. The van der Waals surface area contributed by atoms with Gasteiger partial charge in [0.1, 0.15) is 5.82 Å². The van der Waals surface area contributed by atoms with Crippen molar-refractivity contribution >= 4 is 22.7 Å². The van der Waals surface area contributed by atoms with Gasteiger partial charge >= 0.3 is 11.2 Å². The number of imidazole rings is 1. The van der Waals surface area contributed by atoms with Gasteiger partial charge in [0.25, 0.3) is 0 Å². The summed E-state index contributed by atoms with van der Waals surface area (Å²) in [4.78, 5) is 17.1. The van der Waals surface area contributed by atoms with E-state index in [0.717, 1.165) is 4.57 Å². The smallest absolute Gasteiger partial charge is 0.446 e. The van der Waals surface area contributed by atoms with Crippen LogP contribution in [0.1, 0.15) is 11.3 Å². The minimum absolute atomic E-state index is 0.0320. The highest BCUT2D eigenvalue weighted by Gasteiger charge is 2.29. The van der Waals surface area contributed by atoms with E-state index in [1.807, 2.05) is 0 Å². The normalized spacial score (nSPS) is 11.9. The number of halogens is 4. The van der Waals surface area contributed by atoms with Gasteiger partial charge in [0.05, 0.1) is 23.4 Å². The molecule has 160 valence electrons. The summed E-state index contributed by atoms with van der Waals surface area (Å²) in [6.07, 6.45) is 1.51. The van der Waals surface area contributed by atoms with E-state index in [2.05, 4.69) is 4.98 Å². The summed E-state index contributed by atoms with van der Waals surface area (Å²) in [7, 11) is 0. The lowest BCUT2D eigenvalue weighted by Crippen LogP contribution is -2.24. The Morgan fingerprint density at radius 3 is 2.48 bits per heavy atom. The van der Waals surface area contributed by atoms with E-state index in [-0.39, 0.29) is 40.5 Å². The first-order valence-electron chi connectivity index (χ1n) is 9.04. The summed E-state index contributed by atoms with van der Waals surface area (Å²) in [5.41, 5.74) is -3.33. The zero-order valence-electron chi connectivity index (χ0n) is 16.0. The predicted molar refractivity (Wildman–Crippen MR) is 109 cm³/mol. The lowest BCUT2D eigenvalue weighted by Gasteiger charge is -2.08. The number of pyridine rings is 1. The Balaban J connectivity index is 1.73. The molecule has 0 saturated carbocycles. The monoisotopic (exact) mass is 449 g/mol. The molecule has 0 fully saturated rings. The molecular weight excluding hydrogens is 434 g/mol. The highest BCUT2D eigenvalue weighted by molar-refractivity contribution is 8.00. The Bertz CT molecular complexity index is 1330. The van der Waals surface area contributed by atoms with Crippen molar-refractivity contribution in [3.63, 3.8) is 0 Å². The van der Waals surface area contributed by atoms with E-state index >= 15 is 0 Å². The van der Waals surface area contributed by atoms with Crippen LogP contribution in [0.2, 0.25) is 0 Å². The molecule has 0 saturated heterocycles. The SMILES string of the molecule is Cc1c(O)n(-c2ccc(SC(F)(F)F)cc2)c(=O)n1Cc1ccnc2cc(F)ccc12. The van der Waals surface area contributed by atoms with E-state index in [0.29, 0.717) is 16.5 Å². The molecular formula is C21H15F4N3O2S. The molecule has 2 aromatic heterocycles. The maximum atomic E-state index is 13.5. The van der Waals surface area contributed by atoms with Gasteiger partial charge in [-0.2, -0.15) is 13.2 Å². The Morgan fingerprint density at radius 2 is 1.81 bits per heavy atom. The van der Waals surface area contributed by atoms with Crippen LogP contribution in [-0.2, 0) is 6.54 Å². The van der Waals surface area contributed by atoms with Crippen LogP contribution in [0.15, 0.2) is 64.4 Å². The topological polar surface area (TPSA) is 60.1 Å².